The third-order valence-corrected chi connectivity index (χ3v) is 2.66. The lowest BCUT2D eigenvalue weighted by molar-refractivity contribution is -0.162. The zero-order chi connectivity index (χ0) is 11.6. The first-order chi connectivity index (χ1) is 6.99. The smallest absolute Gasteiger partial charge is 0.307 e. The highest BCUT2D eigenvalue weighted by Gasteiger charge is 2.42. The second-order valence-electron chi connectivity index (χ2n) is 3.56. The third-order valence-electron chi connectivity index (χ3n) is 2.66. The summed E-state index contributed by atoms with van der Waals surface area (Å²) in [6.45, 7) is -0.262. The van der Waals surface area contributed by atoms with E-state index in [4.69, 9.17) is 10.2 Å². The van der Waals surface area contributed by atoms with Crippen molar-refractivity contribution in [3.63, 3.8) is 0 Å². The van der Waals surface area contributed by atoms with Crippen molar-refractivity contribution in [2.24, 2.45) is 11.8 Å². The number of aliphatic carboxylic acids is 1. The second-order valence-corrected chi connectivity index (χ2v) is 3.56. The standard InChI is InChI=1S/C9H13NO5/c1-10-7(12)4-6(9(14)15)5(2-3-11)8(10)13/h5-6,11H,2-4H2,1H3,(H,14,15). The molecule has 1 saturated heterocycles. The highest BCUT2D eigenvalue weighted by atomic mass is 16.4. The molecule has 0 spiro atoms. The molecule has 1 aliphatic heterocycles. The normalized spacial score (nSPS) is 26.9. The molecule has 2 atom stereocenters. The van der Waals surface area contributed by atoms with Crippen molar-refractivity contribution in [3.8, 4) is 0 Å². The van der Waals surface area contributed by atoms with Gasteiger partial charge in [-0.15, -0.1) is 0 Å². The van der Waals surface area contributed by atoms with Gasteiger partial charge in [0.15, 0.2) is 0 Å². The number of carbonyl (C=O) groups excluding carboxylic acids is 2. The summed E-state index contributed by atoms with van der Waals surface area (Å²) in [6.07, 6.45) is -0.102. The van der Waals surface area contributed by atoms with Gasteiger partial charge in [-0.1, -0.05) is 0 Å². The molecule has 0 saturated carbocycles. The van der Waals surface area contributed by atoms with Crippen molar-refractivity contribution in [2.75, 3.05) is 13.7 Å². The number of carbonyl (C=O) groups is 3. The van der Waals surface area contributed by atoms with Crippen LogP contribution in [-0.4, -0.2) is 46.6 Å². The Bertz CT molecular complexity index is 301. The number of imide groups is 1. The van der Waals surface area contributed by atoms with Crippen LogP contribution in [0.2, 0.25) is 0 Å². The number of aliphatic hydroxyl groups is 1. The van der Waals surface area contributed by atoms with Crippen molar-refractivity contribution >= 4 is 17.8 Å². The molecule has 2 N–H and O–H groups in total. The SMILES string of the molecule is CN1C(=O)CC(C(=O)O)C(CCO)C1=O. The quantitative estimate of drug-likeness (QED) is 0.593. The van der Waals surface area contributed by atoms with Crippen LogP contribution >= 0.6 is 0 Å². The molecular formula is C9H13NO5. The van der Waals surface area contributed by atoms with E-state index in [1.807, 2.05) is 0 Å². The molecule has 84 valence electrons. The molecule has 1 fully saturated rings. The Morgan fingerprint density at radius 2 is 2.13 bits per heavy atom. The summed E-state index contributed by atoms with van der Waals surface area (Å²) in [5, 5.41) is 17.6. The predicted molar refractivity (Wildman–Crippen MR) is 48.7 cm³/mol. The van der Waals surface area contributed by atoms with E-state index >= 15 is 0 Å². The van der Waals surface area contributed by atoms with Crippen LogP contribution in [0.15, 0.2) is 0 Å². The van der Waals surface area contributed by atoms with E-state index in [2.05, 4.69) is 0 Å². The van der Waals surface area contributed by atoms with Gasteiger partial charge in [0.2, 0.25) is 11.8 Å². The van der Waals surface area contributed by atoms with Crippen LogP contribution in [0.3, 0.4) is 0 Å². The van der Waals surface area contributed by atoms with Crippen molar-refractivity contribution in [1.29, 1.82) is 0 Å². The third kappa shape index (κ3) is 2.15. The van der Waals surface area contributed by atoms with E-state index in [-0.39, 0.29) is 19.4 Å². The predicted octanol–water partition coefficient (Wildman–Crippen LogP) is -0.926. The van der Waals surface area contributed by atoms with Crippen molar-refractivity contribution in [1.82, 2.24) is 4.90 Å². The molecule has 0 aromatic carbocycles. The van der Waals surface area contributed by atoms with Gasteiger partial charge >= 0.3 is 5.97 Å². The maximum Gasteiger partial charge on any atom is 0.307 e. The van der Waals surface area contributed by atoms with Gasteiger partial charge in [0.25, 0.3) is 0 Å². The molecule has 0 aromatic heterocycles. The number of hydrogen-bond donors (Lipinski definition) is 2. The van der Waals surface area contributed by atoms with E-state index in [0.717, 1.165) is 4.90 Å². The molecule has 0 bridgehead atoms. The van der Waals surface area contributed by atoms with Crippen LogP contribution in [0.5, 0.6) is 0 Å². The topological polar surface area (TPSA) is 94.9 Å². The maximum absolute atomic E-state index is 11.6. The highest BCUT2D eigenvalue weighted by Crippen LogP contribution is 2.27. The number of carboxylic acids is 1. The molecule has 2 amide bonds. The Hall–Kier alpha value is -1.43. The molecule has 15 heavy (non-hydrogen) atoms. The van der Waals surface area contributed by atoms with Crippen molar-refractivity contribution in [2.45, 2.75) is 12.8 Å². The first-order valence-corrected chi connectivity index (χ1v) is 4.63. The minimum atomic E-state index is -1.16. The van der Waals surface area contributed by atoms with E-state index < -0.39 is 29.6 Å². The number of amides is 2. The molecule has 6 nitrogen and oxygen atoms in total. The van der Waals surface area contributed by atoms with Gasteiger partial charge in [-0.25, -0.2) is 0 Å². The molecule has 1 aliphatic rings. The van der Waals surface area contributed by atoms with Crippen LogP contribution in [0, 0.1) is 11.8 Å². The maximum atomic E-state index is 11.6. The molecule has 0 aromatic rings. The number of piperidine rings is 1. The Morgan fingerprint density at radius 3 is 2.60 bits per heavy atom. The summed E-state index contributed by atoms with van der Waals surface area (Å²) >= 11 is 0. The number of nitrogens with zero attached hydrogens (tertiary/aromatic N) is 1. The van der Waals surface area contributed by atoms with E-state index in [9.17, 15) is 14.4 Å². The van der Waals surface area contributed by atoms with Crippen LogP contribution in [0.4, 0.5) is 0 Å². The summed E-state index contributed by atoms with van der Waals surface area (Å²) in [4.78, 5) is 34.6. The number of rotatable bonds is 3. The Morgan fingerprint density at radius 1 is 1.53 bits per heavy atom. The fourth-order valence-corrected chi connectivity index (χ4v) is 1.73. The zero-order valence-electron chi connectivity index (χ0n) is 8.34. The largest absolute Gasteiger partial charge is 0.481 e. The van der Waals surface area contributed by atoms with Gasteiger partial charge in [-0.3, -0.25) is 19.3 Å². The minimum Gasteiger partial charge on any atom is -0.481 e. The van der Waals surface area contributed by atoms with Gasteiger partial charge in [0, 0.05) is 20.1 Å². The van der Waals surface area contributed by atoms with E-state index in [0.29, 0.717) is 0 Å². The summed E-state index contributed by atoms with van der Waals surface area (Å²) in [6, 6.07) is 0. The number of carboxylic acid groups (broad SMARTS) is 1. The highest BCUT2D eigenvalue weighted by molar-refractivity contribution is 6.02. The first kappa shape index (κ1) is 11.6. The Balaban J connectivity index is 2.91. The Kier molecular flexibility index (Phi) is 3.41. The first-order valence-electron chi connectivity index (χ1n) is 4.63. The van der Waals surface area contributed by atoms with Crippen LogP contribution < -0.4 is 0 Å². The minimum absolute atomic E-state index is 0.0768. The van der Waals surface area contributed by atoms with Gasteiger partial charge in [-0.05, 0) is 6.42 Å². The molecule has 6 heteroatoms. The van der Waals surface area contributed by atoms with Gasteiger partial charge in [-0.2, -0.15) is 0 Å². The average Bonchev–Trinajstić information content (AvgIpc) is 2.18. The molecule has 1 heterocycles. The fraction of sp³-hybridized carbons (Fsp3) is 0.667. The lowest BCUT2D eigenvalue weighted by Crippen LogP contribution is -2.49. The van der Waals surface area contributed by atoms with Gasteiger partial charge < -0.3 is 10.2 Å². The van der Waals surface area contributed by atoms with Crippen LogP contribution in [-0.2, 0) is 14.4 Å². The molecule has 0 radical (unpaired) electrons. The second kappa shape index (κ2) is 4.39. The van der Waals surface area contributed by atoms with Crippen LogP contribution in [0.25, 0.3) is 0 Å². The monoisotopic (exact) mass is 215 g/mol. The molecule has 2 unspecified atom stereocenters. The summed E-state index contributed by atoms with van der Waals surface area (Å²) in [5.74, 6) is -3.97. The van der Waals surface area contributed by atoms with E-state index in [1.54, 1.807) is 0 Å². The number of likely N-dealkylation sites (tertiary alicyclic amines) is 1. The lowest BCUT2D eigenvalue weighted by atomic mass is 9.82. The molecule has 1 rings (SSSR count). The van der Waals surface area contributed by atoms with Gasteiger partial charge in [0.1, 0.15) is 0 Å². The van der Waals surface area contributed by atoms with E-state index in [1.165, 1.54) is 7.05 Å². The molecule has 0 aliphatic carbocycles. The number of aliphatic hydroxyl groups excluding tert-OH is 1. The zero-order valence-corrected chi connectivity index (χ0v) is 8.34. The van der Waals surface area contributed by atoms with Crippen molar-refractivity contribution in [3.05, 3.63) is 0 Å². The van der Waals surface area contributed by atoms with Gasteiger partial charge in [0.05, 0.1) is 11.8 Å². The fourth-order valence-electron chi connectivity index (χ4n) is 1.73. The lowest BCUT2D eigenvalue weighted by Gasteiger charge is -2.31. The molecular weight excluding hydrogens is 202 g/mol. The Labute approximate surface area is 86.5 Å². The summed E-state index contributed by atoms with van der Waals surface area (Å²) in [5.41, 5.74) is 0. The van der Waals surface area contributed by atoms with Crippen molar-refractivity contribution < 1.29 is 24.6 Å². The van der Waals surface area contributed by atoms with Crippen LogP contribution in [0.1, 0.15) is 12.8 Å². The average molecular weight is 215 g/mol. The number of hydrogen-bond acceptors (Lipinski definition) is 4. The summed E-state index contributed by atoms with van der Waals surface area (Å²) in [7, 11) is 1.33. The summed E-state index contributed by atoms with van der Waals surface area (Å²) < 4.78 is 0.